The maximum atomic E-state index is 12.3. The number of benzene rings is 1. The molecule has 1 aromatic carbocycles. The quantitative estimate of drug-likeness (QED) is 0.634. The van der Waals surface area contributed by atoms with Crippen LogP contribution in [0, 0.1) is 0 Å². The first kappa shape index (κ1) is 13.2. The van der Waals surface area contributed by atoms with Gasteiger partial charge in [0.1, 0.15) is 11.8 Å². The first-order valence-electron chi connectivity index (χ1n) is 5.74. The summed E-state index contributed by atoms with van der Waals surface area (Å²) in [6.07, 6.45) is 3.14. The van der Waals surface area contributed by atoms with Gasteiger partial charge in [0, 0.05) is 18.0 Å². The molecule has 1 heterocycles. The van der Waals surface area contributed by atoms with Gasteiger partial charge in [0.2, 0.25) is 0 Å². The summed E-state index contributed by atoms with van der Waals surface area (Å²) in [4.78, 5) is 16.2. The molecule has 0 spiro atoms. The van der Waals surface area contributed by atoms with Crippen molar-refractivity contribution in [2.45, 2.75) is 6.04 Å². The summed E-state index contributed by atoms with van der Waals surface area (Å²) >= 11 is 0. The number of nitrogens with one attached hydrogen (secondary N) is 1. The average molecular weight is 258 g/mol. The third-order valence-corrected chi connectivity index (χ3v) is 2.81. The highest BCUT2D eigenvalue weighted by atomic mass is 16.5. The van der Waals surface area contributed by atoms with Gasteiger partial charge in [-0.3, -0.25) is 9.78 Å². The van der Waals surface area contributed by atoms with Crippen molar-refractivity contribution in [3.8, 4) is 5.75 Å². The molecule has 0 aliphatic rings. The lowest BCUT2D eigenvalue weighted by Crippen LogP contribution is -2.26. The normalized spacial score (nSPS) is 11.9. The Labute approximate surface area is 110 Å². The lowest BCUT2D eigenvalue weighted by atomic mass is 9.99. The molecule has 0 radical (unpaired) electrons. The molecule has 2 N–H and O–H groups in total. The highest BCUT2D eigenvalue weighted by Gasteiger charge is 2.21. The van der Waals surface area contributed by atoms with E-state index in [1.807, 2.05) is 5.48 Å². The van der Waals surface area contributed by atoms with Crippen LogP contribution in [-0.4, -0.2) is 23.1 Å². The van der Waals surface area contributed by atoms with Crippen LogP contribution in [0.25, 0.3) is 0 Å². The summed E-state index contributed by atoms with van der Waals surface area (Å²) in [5.74, 6) is 0.449. The minimum atomic E-state index is -0.809. The molecule has 19 heavy (non-hydrogen) atoms. The highest BCUT2D eigenvalue weighted by Crippen LogP contribution is 2.19. The molecule has 2 rings (SSSR count). The third kappa shape index (κ3) is 2.96. The Morgan fingerprint density at radius 3 is 2.37 bits per heavy atom. The summed E-state index contributed by atoms with van der Waals surface area (Å²) in [5, 5.41) is 9.20. The van der Waals surface area contributed by atoms with Gasteiger partial charge in [-0.05, 0) is 42.0 Å². The second-order valence-corrected chi connectivity index (χ2v) is 3.94. The van der Waals surface area contributed by atoms with E-state index in [9.17, 15) is 10.0 Å². The Hall–Kier alpha value is -2.24. The van der Waals surface area contributed by atoms with Crippen molar-refractivity contribution in [3.63, 3.8) is 0 Å². The van der Waals surface area contributed by atoms with E-state index in [2.05, 4.69) is 4.98 Å². The van der Waals surface area contributed by atoms with Gasteiger partial charge >= 0.3 is 0 Å². The monoisotopic (exact) mass is 258 g/mol. The molecule has 5 nitrogen and oxygen atoms in total. The van der Waals surface area contributed by atoms with Gasteiger partial charge in [0.15, 0.2) is 5.78 Å². The third-order valence-electron chi connectivity index (χ3n) is 2.81. The zero-order valence-electron chi connectivity index (χ0n) is 10.4. The number of rotatable bonds is 5. The van der Waals surface area contributed by atoms with E-state index >= 15 is 0 Å². The van der Waals surface area contributed by atoms with E-state index in [0.717, 1.165) is 0 Å². The smallest absolute Gasteiger partial charge is 0.186 e. The van der Waals surface area contributed by atoms with Crippen LogP contribution in [0.3, 0.4) is 0 Å². The van der Waals surface area contributed by atoms with Crippen LogP contribution >= 0.6 is 0 Å². The van der Waals surface area contributed by atoms with E-state index in [1.165, 1.54) is 0 Å². The highest BCUT2D eigenvalue weighted by molar-refractivity contribution is 6.00. The Balaban J connectivity index is 2.25. The number of nitrogens with zero attached hydrogens (tertiary/aromatic N) is 1. The number of ketones is 1. The average Bonchev–Trinajstić information content (AvgIpc) is 2.49. The summed E-state index contributed by atoms with van der Waals surface area (Å²) in [7, 11) is 1.56. The molecule has 0 aliphatic carbocycles. The molecule has 0 amide bonds. The Bertz CT molecular complexity index is 540. The van der Waals surface area contributed by atoms with Crippen molar-refractivity contribution in [1.29, 1.82) is 0 Å². The molecule has 0 bridgehead atoms. The van der Waals surface area contributed by atoms with E-state index in [0.29, 0.717) is 16.9 Å². The van der Waals surface area contributed by atoms with Crippen LogP contribution in [0.4, 0.5) is 0 Å². The number of ether oxygens (including phenoxy) is 1. The molecule has 5 heteroatoms. The van der Waals surface area contributed by atoms with Gasteiger partial charge in [0.25, 0.3) is 0 Å². The molecule has 2 aromatic rings. The number of aromatic nitrogens is 1. The number of hydroxylamine groups is 1. The van der Waals surface area contributed by atoms with Crippen molar-refractivity contribution in [1.82, 2.24) is 10.5 Å². The van der Waals surface area contributed by atoms with Crippen LogP contribution in [-0.2, 0) is 0 Å². The number of hydrogen-bond donors (Lipinski definition) is 2. The second-order valence-electron chi connectivity index (χ2n) is 3.94. The van der Waals surface area contributed by atoms with Crippen molar-refractivity contribution in [3.05, 3.63) is 59.9 Å². The number of Topliss-reactive ketones (excluding diaryl/α,β-unsaturated/α-hetero) is 1. The fourth-order valence-electron chi connectivity index (χ4n) is 1.76. The Morgan fingerprint density at radius 2 is 1.84 bits per heavy atom. The summed E-state index contributed by atoms with van der Waals surface area (Å²) in [6.45, 7) is 0. The minimum absolute atomic E-state index is 0.226. The van der Waals surface area contributed by atoms with Crippen molar-refractivity contribution >= 4 is 5.78 Å². The molecule has 0 fully saturated rings. The molecule has 1 unspecified atom stereocenters. The largest absolute Gasteiger partial charge is 0.497 e. The number of methoxy groups -OCH3 is 1. The van der Waals surface area contributed by atoms with Crippen molar-refractivity contribution in [2.24, 2.45) is 0 Å². The lowest BCUT2D eigenvalue weighted by molar-refractivity contribution is 0.0764. The molecule has 0 saturated carbocycles. The first-order valence-corrected chi connectivity index (χ1v) is 5.74. The van der Waals surface area contributed by atoms with E-state index in [-0.39, 0.29) is 5.78 Å². The minimum Gasteiger partial charge on any atom is -0.497 e. The van der Waals surface area contributed by atoms with Crippen LogP contribution in [0.5, 0.6) is 5.75 Å². The van der Waals surface area contributed by atoms with Gasteiger partial charge in [-0.15, -0.1) is 0 Å². The maximum Gasteiger partial charge on any atom is 0.186 e. The number of pyridine rings is 1. The lowest BCUT2D eigenvalue weighted by Gasteiger charge is -2.14. The van der Waals surface area contributed by atoms with E-state index in [1.54, 1.807) is 55.9 Å². The molecule has 0 saturated heterocycles. The van der Waals surface area contributed by atoms with Crippen molar-refractivity contribution < 1.29 is 14.7 Å². The van der Waals surface area contributed by atoms with E-state index < -0.39 is 6.04 Å². The molecule has 1 atom stereocenters. The molecule has 0 aliphatic heterocycles. The standard InChI is InChI=1S/C14H14N2O3/c1-19-12-4-2-11(3-5-12)14(17)13(16-18)10-6-8-15-9-7-10/h2-9,13,16,18H,1H3. The summed E-state index contributed by atoms with van der Waals surface area (Å²) < 4.78 is 5.04. The van der Waals surface area contributed by atoms with E-state index in [4.69, 9.17) is 4.74 Å². The fourth-order valence-corrected chi connectivity index (χ4v) is 1.76. The summed E-state index contributed by atoms with van der Waals surface area (Å²) in [5.41, 5.74) is 3.18. The SMILES string of the molecule is COc1ccc(C(=O)C(NO)c2ccncc2)cc1. The zero-order valence-corrected chi connectivity index (χ0v) is 10.4. The number of hydrogen-bond acceptors (Lipinski definition) is 5. The van der Waals surface area contributed by atoms with Crippen LogP contribution in [0.2, 0.25) is 0 Å². The Kier molecular flexibility index (Phi) is 4.22. The predicted octanol–water partition coefficient (Wildman–Crippen LogP) is 1.99. The Morgan fingerprint density at radius 1 is 1.21 bits per heavy atom. The predicted molar refractivity (Wildman–Crippen MR) is 69.2 cm³/mol. The van der Waals surface area contributed by atoms with Gasteiger partial charge in [-0.2, -0.15) is 5.48 Å². The number of carbonyl (C=O) groups excluding carboxylic acids is 1. The fraction of sp³-hybridized carbons (Fsp3) is 0.143. The first-order chi connectivity index (χ1) is 9.26. The van der Waals surface area contributed by atoms with Gasteiger partial charge in [-0.1, -0.05) is 0 Å². The molecular formula is C14H14N2O3. The number of carbonyl (C=O) groups is 1. The van der Waals surface area contributed by atoms with Crippen LogP contribution < -0.4 is 10.2 Å². The topological polar surface area (TPSA) is 71.5 Å². The molecule has 1 aromatic heterocycles. The maximum absolute atomic E-state index is 12.3. The zero-order chi connectivity index (χ0) is 13.7. The van der Waals surface area contributed by atoms with Gasteiger partial charge in [0.05, 0.1) is 7.11 Å². The molecular weight excluding hydrogens is 244 g/mol. The summed E-state index contributed by atoms with van der Waals surface area (Å²) in [6, 6.07) is 9.27. The van der Waals surface area contributed by atoms with Gasteiger partial charge in [-0.25, -0.2) is 0 Å². The van der Waals surface area contributed by atoms with Crippen LogP contribution in [0.1, 0.15) is 22.0 Å². The van der Waals surface area contributed by atoms with Crippen LogP contribution in [0.15, 0.2) is 48.8 Å². The second kappa shape index (κ2) is 6.08. The van der Waals surface area contributed by atoms with Crippen molar-refractivity contribution in [2.75, 3.05) is 7.11 Å². The molecule has 98 valence electrons. The van der Waals surface area contributed by atoms with Gasteiger partial charge < -0.3 is 9.94 Å².